The largest absolute Gasteiger partial charge is 0.496 e. The maximum Gasteiger partial charge on any atom is 0.235 e. The second-order valence-corrected chi connectivity index (χ2v) is 7.15. The van der Waals surface area contributed by atoms with Crippen LogP contribution in [0.2, 0.25) is 0 Å². The Kier molecular flexibility index (Phi) is 6.19. The fourth-order valence-electron chi connectivity index (χ4n) is 2.04. The predicted molar refractivity (Wildman–Crippen MR) is 91.4 cm³/mol. The Morgan fingerprint density at radius 3 is 2.22 bits per heavy atom. The first-order chi connectivity index (χ1) is 10.6. The summed E-state index contributed by atoms with van der Waals surface area (Å²) in [5.74, 6) is 0.237. The topological polar surface area (TPSA) is 67.4 Å². The molecule has 0 unspecified atom stereocenters. The van der Waals surface area contributed by atoms with Crippen LogP contribution in [-0.4, -0.2) is 31.0 Å². The average molecular weight is 320 g/mol. The van der Waals surface area contributed by atoms with E-state index in [4.69, 9.17) is 4.74 Å². The Bertz CT molecular complexity index is 560. The number of nitrogens with one attached hydrogen (secondary N) is 2. The molecule has 0 fully saturated rings. The number of para-hydroxylation sites is 1. The van der Waals surface area contributed by atoms with Crippen molar-refractivity contribution >= 4 is 11.8 Å². The molecule has 0 aliphatic carbocycles. The zero-order valence-corrected chi connectivity index (χ0v) is 14.9. The number of rotatable bonds is 6. The van der Waals surface area contributed by atoms with E-state index in [9.17, 15) is 9.59 Å². The van der Waals surface area contributed by atoms with Crippen LogP contribution in [0.25, 0.3) is 0 Å². The number of benzene rings is 1. The number of hydrogen-bond donors (Lipinski definition) is 2. The molecule has 2 N–H and O–H groups in total. The van der Waals surface area contributed by atoms with Crippen LogP contribution in [0.1, 0.15) is 40.2 Å². The molecule has 5 nitrogen and oxygen atoms in total. The Morgan fingerprint density at radius 1 is 1.04 bits per heavy atom. The molecule has 0 aromatic heterocycles. The van der Waals surface area contributed by atoms with Gasteiger partial charge in [-0.1, -0.05) is 18.2 Å². The molecule has 1 aromatic carbocycles. The summed E-state index contributed by atoms with van der Waals surface area (Å²) in [5.41, 5.74) is -0.465. The first-order valence-electron chi connectivity index (χ1n) is 7.81. The number of amides is 2. The fraction of sp³-hybridized carbons (Fsp3) is 0.556. The van der Waals surface area contributed by atoms with Gasteiger partial charge in [-0.05, 0) is 52.7 Å². The quantitative estimate of drug-likeness (QED) is 0.790. The molecule has 5 heteroatoms. The monoisotopic (exact) mass is 320 g/mol. The number of carbonyl (C=O) groups is 2. The summed E-state index contributed by atoms with van der Waals surface area (Å²) in [5, 5.41) is 5.68. The number of ether oxygens (including phenoxy) is 1. The van der Waals surface area contributed by atoms with Crippen LogP contribution in [-0.2, 0) is 16.0 Å². The lowest BCUT2D eigenvalue weighted by atomic mass is 9.89. The van der Waals surface area contributed by atoms with Crippen LogP contribution in [0.15, 0.2) is 24.3 Å². The van der Waals surface area contributed by atoms with Gasteiger partial charge in [0.2, 0.25) is 11.8 Å². The highest BCUT2D eigenvalue weighted by molar-refractivity contribution is 6.04. The average Bonchev–Trinajstić information content (AvgIpc) is 2.45. The molecule has 0 atom stereocenters. The molecule has 128 valence electrons. The van der Waals surface area contributed by atoms with Crippen LogP contribution in [0.3, 0.4) is 0 Å². The molecule has 0 saturated carbocycles. The number of methoxy groups -OCH3 is 1. The fourth-order valence-corrected chi connectivity index (χ4v) is 2.04. The highest BCUT2D eigenvalue weighted by Gasteiger charge is 2.37. The van der Waals surface area contributed by atoms with Crippen molar-refractivity contribution < 1.29 is 14.3 Å². The first kappa shape index (κ1) is 19.0. The summed E-state index contributed by atoms with van der Waals surface area (Å²) in [4.78, 5) is 24.6. The van der Waals surface area contributed by atoms with Crippen molar-refractivity contribution in [1.82, 2.24) is 10.6 Å². The Labute approximate surface area is 138 Å². The summed E-state index contributed by atoms with van der Waals surface area (Å²) in [6.07, 6.45) is 0.646. The smallest absolute Gasteiger partial charge is 0.235 e. The van der Waals surface area contributed by atoms with Crippen molar-refractivity contribution in [2.45, 2.75) is 46.6 Å². The van der Waals surface area contributed by atoms with Gasteiger partial charge < -0.3 is 15.4 Å². The van der Waals surface area contributed by atoms with Crippen molar-refractivity contribution in [3.63, 3.8) is 0 Å². The van der Waals surface area contributed by atoms with Crippen molar-refractivity contribution in [1.29, 1.82) is 0 Å². The van der Waals surface area contributed by atoms with E-state index in [1.165, 1.54) is 0 Å². The van der Waals surface area contributed by atoms with Crippen LogP contribution in [0.5, 0.6) is 5.75 Å². The third-order valence-electron chi connectivity index (χ3n) is 3.50. The van der Waals surface area contributed by atoms with E-state index in [2.05, 4.69) is 10.6 Å². The first-order valence-corrected chi connectivity index (χ1v) is 7.81. The van der Waals surface area contributed by atoms with E-state index in [0.717, 1.165) is 11.3 Å². The van der Waals surface area contributed by atoms with Gasteiger partial charge >= 0.3 is 0 Å². The van der Waals surface area contributed by atoms with Gasteiger partial charge in [0.05, 0.1) is 7.11 Å². The summed E-state index contributed by atoms with van der Waals surface area (Å²) >= 11 is 0. The van der Waals surface area contributed by atoms with E-state index in [1.54, 1.807) is 21.0 Å². The summed E-state index contributed by atoms with van der Waals surface area (Å²) in [7, 11) is 1.62. The highest BCUT2D eigenvalue weighted by atomic mass is 16.5. The van der Waals surface area contributed by atoms with Crippen LogP contribution >= 0.6 is 0 Å². The third kappa shape index (κ3) is 5.58. The minimum atomic E-state index is -1.12. The van der Waals surface area contributed by atoms with Crippen molar-refractivity contribution in [2.75, 3.05) is 13.7 Å². The van der Waals surface area contributed by atoms with Crippen LogP contribution in [0, 0.1) is 5.41 Å². The molecule has 2 amide bonds. The maximum atomic E-state index is 12.3. The predicted octanol–water partition coefficient (Wildman–Crippen LogP) is 2.29. The molecule has 0 bridgehead atoms. The Hall–Kier alpha value is -2.04. The lowest BCUT2D eigenvalue weighted by molar-refractivity contribution is -0.142. The molecule has 1 aromatic rings. The van der Waals surface area contributed by atoms with Crippen LogP contribution < -0.4 is 15.4 Å². The summed E-state index contributed by atoms with van der Waals surface area (Å²) in [6, 6.07) is 7.68. The van der Waals surface area contributed by atoms with Gasteiger partial charge in [0, 0.05) is 12.1 Å². The van der Waals surface area contributed by atoms with Gasteiger partial charge in [0.15, 0.2) is 0 Å². The van der Waals surface area contributed by atoms with Gasteiger partial charge in [-0.3, -0.25) is 9.59 Å². The Morgan fingerprint density at radius 2 is 1.65 bits per heavy atom. The number of hydrogen-bond acceptors (Lipinski definition) is 3. The van der Waals surface area contributed by atoms with Gasteiger partial charge in [-0.2, -0.15) is 0 Å². The molecule has 23 heavy (non-hydrogen) atoms. The zero-order chi connectivity index (χ0) is 17.7. The minimum Gasteiger partial charge on any atom is -0.496 e. The van der Waals surface area contributed by atoms with Gasteiger partial charge in [-0.15, -0.1) is 0 Å². The molecular weight excluding hydrogens is 292 g/mol. The van der Waals surface area contributed by atoms with E-state index in [1.807, 2.05) is 45.0 Å². The Balaban J connectivity index is 2.60. The van der Waals surface area contributed by atoms with E-state index in [-0.39, 0.29) is 17.4 Å². The molecule has 0 aliphatic rings. The molecule has 0 saturated heterocycles. The summed E-state index contributed by atoms with van der Waals surface area (Å²) in [6.45, 7) is 9.38. The van der Waals surface area contributed by atoms with Gasteiger partial charge in [0.1, 0.15) is 11.2 Å². The molecular formula is C18H28N2O3. The van der Waals surface area contributed by atoms with Gasteiger partial charge in [0.25, 0.3) is 0 Å². The third-order valence-corrected chi connectivity index (χ3v) is 3.50. The van der Waals surface area contributed by atoms with Crippen molar-refractivity contribution in [3.8, 4) is 5.75 Å². The van der Waals surface area contributed by atoms with E-state index in [0.29, 0.717) is 13.0 Å². The van der Waals surface area contributed by atoms with Gasteiger partial charge in [-0.25, -0.2) is 0 Å². The second kappa shape index (κ2) is 7.49. The molecule has 0 spiro atoms. The van der Waals surface area contributed by atoms with E-state index >= 15 is 0 Å². The molecule has 0 radical (unpaired) electrons. The zero-order valence-electron chi connectivity index (χ0n) is 14.9. The maximum absolute atomic E-state index is 12.3. The van der Waals surface area contributed by atoms with Crippen molar-refractivity contribution in [2.24, 2.45) is 5.41 Å². The highest BCUT2D eigenvalue weighted by Crippen LogP contribution is 2.19. The molecule has 1 rings (SSSR count). The SMILES string of the molecule is COc1ccccc1CCNC(=O)C(C)(C)C(=O)NC(C)(C)C. The number of carbonyl (C=O) groups excluding carboxylic acids is 2. The standard InChI is InChI=1S/C18H28N2O3/c1-17(2,3)20-16(22)18(4,5)15(21)19-12-11-13-9-7-8-10-14(13)23-6/h7-10H,11-12H2,1-6H3,(H,19,21)(H,20,22). The molecule has 0 heterocycles. The summed E-state index contributed by atoms with van der Waals surface area (Å²) < 4.78 is 5.29. The lowest BCUT2D eigenvalue weighted by Gasteiger charge is -2.28. The minimum absolute atomic E-state index is 0.278. The second-order valence-electron chi connectivity index (χ2n) is 7.15. The normalized spacial score (nSPS) is 11.7. The van der Waals surface area contributed by atoms with E-state index < -0.39 is 5.41 Å². The van der Waals surface area contributed by atoms with Crippen molar-refractivity contribution in [3.05, 3.63) is 29.8 Å². The molecule has 0 aliphatic heterocycles. The lowest BCUT2D eigenvalue weighted by Crippen LogP contribution is -2.53. The van der Waals surface area contributed by atoms with Crippen LogP contribution in [0.4, 0.5) is 0 Å².